The average Bonchev–Trinajstić information content (AvgIpc) is 2.81. The molecule has 2 nitrogen and oxygen atoms in total. The summed E-state index contributed by atoms with van der Waals surface area (Å²) in [5.41, 5.74) is 1.30. The molecule has 1 aromatic rings. The Morgan fingerprint density at radius 2 is 2.06 bits per heavy atom. The first-order valence-corrected chi connectivity index (χ1v) is 6.84. The molecule has 0 saturated carbocycles. The van der Waals surface area contributed by atoms with E-state index in [1.807, 2.05) is 20.0 Å². The van der Waals surface area contributed by atoms with Gasteiger partial charge in [0.1, 0.15) is 5.82 Å². The zero-order valence-electron chi connectivity index (χ0n) is 11.9. The molecule has 0 radical (unpaired) electrons. The molecule has 1 atom stereocenters. The summed E-state index contributed by atoms with van der Waals surface area (Å²) in [4.78, 5) is 6.86. The van der Waals surface area contributed by atoms with Crippen LogP contribution in [-0.4, -0.2) is 18.1 Å². The Morgan fingerprint density at radius 3 is 2.59 bits per heavy atom. The fourth-order valence-electron chi connectivity index (χ4n) is 2.23. The third-order valence-corrected chi connectivity index (χ3v) is 3.39. The number of aromatic nitrogens is 1. The van der Waals surface area contributed by atoms with Gasteiger partial charge in [-0.05, 0) is 42.9 Å². The van der Waals surface area contributed by atoms with Crippen molar-refractivity contribution in [2.45, 2.75) is 41.0 Å². The standard InChI is InChI=1S/C13H20N2.C2H6/c1-10(2)12-5-7-15(9-12)13-8-11(3)4-6-14-13;1-2/h4,6,8,10,12H,5,7,9H2,1-3H3;1-2H3. The van der Waals surface area contributed by atoms with E-state index in [1.165, 1.54) is 25.1 Å². The van der Waals surface area contributed by atoms with Crippen LogP contribution < -0.4 is 4.90 Å². The topological polar surface area (TPSA) is 16.1 Å². The van der Waals surface area contributed by atoms with Gasteiger partial charge in [0.25, 0.3) is 0 Å². The van der Waals surface area contributed by atoms with Gasteiger partial charge in [0, 0.05) is 19.3 Å². The van der Waals surface area contributed by atoms with Crippen LogP contribution in [0.1, 0.15) is 39.7 Å². The second kappa shape index (κ2) is 6.63. The van der Waals surface area contributed by atoms with Gasteiger partial charge in [-0.1, -0.05) is 27.7 Å². The first-order chi connectivity index (χ1) is 8.16. The highest BCUT2D eigenvalue weighted by atomic mass is 15.2. The highest BCUT2D eigenvalue weighted by Crippen LogP contribution is 2.27. The summed E-state index contributed by atoms with van der Waals surface area (Å²) >= 11 is 0. The zero-order valence-corrected chi connectivity index (χ0v) is 11.9. The largest absolute Gasteiger partial charge is 0.356 e. The lowest BCUT2D eigenvalue weighted by atomic mass is 9.95. The monoisotopic (exact) mass is 234 g/mol. The Hall–Kier alpha value is -1.05. The smallest absolute Gasteiger partial charge is 0.128 e. The van der Waals surface area contributed by atoms with Crippen molar-refractivity contribution in [3.63, 3.8) is 0 Å². The maximum absolute atomic E-state index is 4.44. The predicted molar refractivity (Wildman–Crippen MR) is 75.5 cm³/mol. The summed E-state index contributed by atoms with van der Waals surface area (Å²) < 4.78 is 0. The van der Waals surface area contributed by atoms with Gasteiger partial charge in [0.2, 0.25) is 0 Å². The Labute approximate surface area is 106 Å². The molecule has 2 heterocycles. The minimum atomic E-state index is 0.791. The molecule has 0 aliphatic carbocycles. The van der Waals surface area contributed by atoms with E-state index in [4.69, 9.17) is 0 Å². The van der Waals surface area contributed by atoms with Gasteiger partial charge in [0.05, 0.1) is 0 Å². The van der Waals surface area contributed by atoms with Crippen LogP contribution in [-0.2, 0) is 0 Å². The van der Waals surface area contributed by atoms with Crippen molar-refractivity contribution in [3.8, 4) is 0 Å². The quantitative estimate of drug-likeness (QED) is 0.771. The fourth-order valence-corrected chi connectivity index (χ4v) is 2.23. The highest BCUT2D eigenvalue weighted by Gasteiger charge is 2.25. The van der Waals surface area contributed by atoms with Crippen LogP contribution in [0.4, 0.5) is 5.82 Å². The second-order valence-corrected chi connectivity index (χ2v) is 4.93. The average molecular weight is 234 g/mol. The molecule has 0 spiro atoms. The molecule has 0 bridgehead atoms. The lowest BCUT2D eigenvalue weighted by Crippen LogP contribution is -2.22. The summed E-state index contributed by atoms with van der Waals surface area (Å²) in [7, 11) is 0. The Morgan fingerprint density at radius 1 is 1.35 bits per heavy atom. The molecule has 1 fully saturated rings. The lowest BCUT2D eigenvalue weighted by molar-refractivity contribution is 0.422. The van der Waals surface area contributed by atoms with Crippen molar-refractivity contribution in [1.29, 1.82) is 0 Å². The van der Waals surface area contributed by atoms with Gasteiger partial charge in [-0.3, -0.25) is 0 Å². The first kappa shape index (κ1) is 14.0. The third-order valence-electron chi connectivity index (χ3n) is 3.39. The molecule has 1 aliphatic rings. The predicted octanol–water partition coefficient (Wildman–Crippen LogP) is 3.90. The van der Waals surface area contributed by atoms with E-state index in [2.05, 4.69) is 42.8 Å². The van der Waals surface area contributed by atoms with E-state index in [1.54, 1.807) is 0 Å². The van der Waals surface area contributed by atoms with Crippen molar-refractivity contribution in [2.75, 3.05) is 18.0 Å². The van der Waals surface area contributed by atoms with Crippen LogP contribution in [0.2, 0.25) is 0 Å². The van der Waals surface area contributed by atoms with Crippen molar-refractivity contribution < 1.29 is 0 Å². The van der Waals surface area contributed by atoms with E-state index in [9.17, 15) is 0 Å². The molecule has 2 rings (SSSR count). The zero-order chi connectivity index (χ0) is 12.8. The molecule has 1 saturated heterocycles. The number of aryl methyl sites for hydroxylation is 1. The summed E-state index contributed by atoms with van der Waals surface area (Å²) in [6.45, 7) is 13.1. The number of anilines is 1. The lowest BCUT2D eigenvalue weighted by Gasteiger charge is -2.19. The molecular formula is C15H26N2. The molecule has 0 N–H and O–H groups in total. The molecule has 17 heavy (non-hydrogen) atoms. The molecule has 0 aromatic carbocycles. The van der Waals surface area contributed by atoms with Crippen LogP contribution in [0.3, 0.4) is 0 Å². The van der Waals surface area contributed by atoms with E-state index in [0.29, 0.717) is 0 Å². The molecule has 0 amide bonds. The van der Waals surface area contributed by atoms with Crippen molar-refractivity contribution in [1.82, 2.24) is 4.98 Å². The summed E-state index contributed by atoms with van der Waals surface area (Å²) in [6.07, 6.45) is 3.22. The van der Waals surface area contributed by atoms with Gasteiger partial charge in [-0.25, -0.2) is 4.98 Å². The van der Waals surface area contributed by atoms with Gasteiger partial charge in [-0.15, -0.1) is 0 Å². The van der Waals surface area contributed by atoms with Crippen molar-refractivity contribution in [2.24, 2.45) is 11.8 Å². The maximum atomic E-state index is 4.44. The second-order valence-electron chi connectivity index (χ2n) is 4.93. The maximum Gasteiger partial charge on any atom is 0.128 e. The third kappa shape index (κ3) is 3.72. The number of nitrogens with zero attached hydrogens (tertiary/aromatic N) is 2. The van der Waals surface area contributed by atoms with Gasteiger partial charge >= 0.3 is 0 Å². The van der Waals surface area contributed by atoms with E-state index < -0.39 is 0 Å². The highest BCUT2D eigenvalue weighted by molar-refractivity contribution is 5.41. The minimum absolute atomic E-state index is 0.791. The van der Waals surface area contributed by atoms with Crippen LogP contribution in [0.5, 0.6) is 0 Å². The number of hydrogen-bond donors (Lipinski definition) is 0. The molecule has 96 valence electrons. The van der Waals surface area contributed by atoms with Gasteiger partial charge in [0.15, 0.2) is 0 Å². The molecular weight excluding hydrogens is 208 g/mol. The first-order valence-electron chi connectivity index (χ1n) is 6.84. The van der Waals surface area contributed by atoms with Crippen LogP contribution in [0, 0.1) is 18.8 Å². The van der Waals surface area contributed by atoms with Crippen molar-refractivity contribution in [3.05, 3.63) is 23.9 Å². The fraction of sp³-hybridized carbons (Fsp3) is 0.667. The van der Waals surface area contributed by atoms with E-state index in [0.717, 1.165) is 17.7 Å². The van der Waals surface area contributed by atoms with Crippen LogP contribution in [0.15, 0.2) is 18.3 Å². The summed E-state index contributed by atoms with van der Waals surface area (Å²) in [5, 5.41) is 0. The van der Waals surface area contributed by atoms with Crippen LogP contribution >= 0.6 is 0 Å². The van der Waals surface area contributed by atoms with E-state index >= 15 is 0 Å². The summed E-state index contributed by atoms with van der Waals surface area (Å²) in [6, 6.07) is 4.24. The molecule has 1 aliphatic heterocycles. The summed E-state index contributed by atoms with van der Waals surface area (Å²) in [5.74, 6) is 2.78. The van der Waals surface area contributed by atoms with E-state index in [-0.39, 0.29) is 0 Å². The van der Waals surface area contributed by atoms with Crippen molar-refractivity contribution >= 4 is 5.82 Å². The number of hydrogen-bond acceptors (Lipinski definition) is 2. The Bertz CT molecular complexity index is 333. The Balaban J connectivity index is 0.000000686. The molecule has 1 aromatic heterocycles. The SMILES string of the molecule is CC.Cc1ccnc(N2CCC(C(C)C)C2)c1. The molecule has 2 heteroatoms. The van der Waals surface area contributed by atoms with Gasteiger partial charge in [-0.2, -0.15) is 0 Å². The van der Waals surface area contributed by atoms with Crippen LogP contribution in [0.25, 0.3) is 0 Å². The normalized spacial score (nSPS) is 19.2. The molecule has 1 unspecified atom stereocenters. The van der Waals surface area contributed by atoms with Gasteiger partial charge < -0.3 is 4.90 Å². The minimum Gasteiger partial charge on any atom is -0.356 e. The Kier molecular flexibility index (Phi) is 5.46. The number of pyridine rings is 1. The number of rotatable bonds is 2.